The van der Waals surface area contributed by atoms with Crippen molar-refractivity contribution in [2.24, 2.45) is 0 Å². The van der Waals surface area contributed by atoms with E-state index in [0.29, 0.717) is 22.2 Å². The van der Waals surface area contributed by atoms with E-state index in [1.165, 1.54) is 24.3 Å². The molecule has 0 bridgehead atoms. The number of hydrogen-bond donors (Lipinski definition) is 1. The van der Waals surface area contributed by atoms with Gasteiger partial charge in [0.1, 0.15) is 17.3 Å². The van der Waals surface area contributed by atoms with Crippen LogP contribution in [-0.2, 0) is 15.6 Å². The molecule has 0 saturated carbocycles. The number of halogens is 1. The lowest BCUT2D eigenvalue weighted by Gasteiger charge is -2.12. The van der Waals surface area contributed by atoms with Gasteiger partial charge in [-0.3, -0.25) is 4.79 Å². The molecule has 0 spiro atoms. The van der Waals surface area contributed by atoms with Crippen molar-refractivity contribution in [3.63, 3.8) is 0 Å². The van der Waals surface area contributed by atoms with E-state index in [9.17, 15) is 13.2 Å². The monoisotopic (exact) mass is 467 g/mol. The normalized spacial score (nSPS) is 11.2. The summed E-state index contributed by atoms with van der Waals surface area (Å²) in [6, 6.07) is 24.9. The zero-order valence-electron chi connectivity index (χ0n) is 16.7. The molecule has 0 aliphatic rings. The van der Waals surface area contributed by atoms with E-state index in [-0.39, 0.29) is 22.2 Å². The maximum Gasteiger partial charge on any atom is 0.291 e. The topological polar surface area (TPSA) is 85.6 Å². The van der Waals surface area contributed by atoms with E-state index in [0.717, 1.165) is 0 Å². The molecule has 8 heteroatoms. The molecule has 0 fully saturated rings. The average molecular weight is 468 g/mol. The van der Waals surface area contributed by atoms with Gasteiger partial charge >= 0.3 is 0 Å². The fraction of sp³-hybridized carbons (Fsp3) is 0.0417. The average Bonchev–Trinajstić information content (AvgIpc) is 3.25. The van der Waals surface area contributed by atoms with Crippen LogP contribution < -0.4 is 10.1 Å². The first kappa shape index (κ1) is 21.7. The summed E-state index contributed by atoms with van der Waals surface area (Å²) >= 11 is 6.09. The van der Waals surface area contributed by atoms with Crippen molar-refractivity contribution in [1.29, 1.82) is 0 Å². The summed E-state index contributed by atoms with van der Waals surface area (Å²) in [6.45, 7) is 0. The predicted molar refractivity (Wildman–Crippen MR) is 122 cm³/mol. The van der Waals surface area contributed by atoms with Gasteiger partial charge in [0.25, 0.3) is 5.91 Å². The number of carbonyl (C=O) groups excluding carboxylic acids is 1. The number of anilines is 1. The van der Waals surface area contributed by atoms with Crippen LogP contribution in [0.5, 0.6) is 11.5 Å². The summed E-state index contributed by atoms with van der Waals surface area (Å²) in [6.07, 6.45) is 0. The largest absolute Gasteiger partial charge is 0.455 e. The summed E-state index contributed by atoms with van der Waals surface area (Å²) in [4.78, 5) is 12.9. The van der Waals surface area contributed by atoms with Crippen LogP contribution in [0.25, 0.3) is 0 Å². The van der Waals surface area contributed by atoms with Gasteiger partial charge in [0.05, 0.1) is 10.6 Å². The second-order valence-corrected chi connectivity index (χ2v) is 9.27. The fourth-order valence-corrected chi connectivity index (χ4v) is 4.40. The van der Waals surface area contributed by atoms with Gasteiger partial charge in [-0.2, -0.15) is 0 Å². The number of benzene rings is 3. The Balaban J connectivity index is 1.51. The third-order valence-corrected chi connectivity index (χ3v) is 6.37. The fourth-order valence-electron chi connectivity index (χ4n) is 2.96. The maximum absolute atomic E-state index is 12.7. The molecule has 4 aromatic rings. The number of rotatable bonds is 7. The first-order valence-corrected chi connectivity index (χ1v) is 11.6. The molecule has 162 valence electrons. The summed E-state index contributed by atoms with van der Waals surface area (Å²) in [7, 11) is -3.59. The van der Waals surface area contributed by atoms with Crippen molar-refractivity contribution >= 4 is 33.0 Å². The minimum atomic E-state index is -3.59. The molecule has 1 N–H and O–H groups in total. The molecular weight excluding hydrogens is 450 g/mol. The Morgan fingerprint density at radius 1 is 0.906 bits per heavy atom. The lowest BCUT2D eigenvalue weighted by molar-refractivity contribution is 0.0995. The van der Waals surface area contributed by atoms with Crippen LogP contribution in [-0.4, -0.2) is 14.3 Å². The molecule has 0 atom stereocenters. The highest BCUT2D eigenvalue weighted by Gasteiger charge is 2.20. The number of carbonyl (C=O) groups is 1. The molecule has 0 aliphatic heterocycles. The van der Waals surface area contributed by atoms with Crippen LogP contribution in [0, 0.1) is 0 Å². The Labute approximate surface area is 190 Å². The van der Waals surface area contributed by atoms with E-state index in [1.54, 1.807) is 48.5 Å². The number of nitrogens with one attached hydrogen (secondary N) is 1. The Bertz CT molecular complexity index is 1340. The minimum Gasteiger partial charge on any atom is -0.455 e. The van der Waals surface area contributed by atoms with Crippen molar-refractivity contribution in [2.45, 2.75) is 10.6 Å². The van der Waals surface area contributed by atoms with Crippen molar-refractivity contribution in [3.8, 4) is 11.5 Å². The second-order valence-electron chi connectivity index (χ2n) is 6.85. The van der Waals surface area contributed by atoms with Gasteiger partial charge in [-0.1, -0.05) is 48.0 Å². The number of furan rings is 1. The molecule has 1 amide bonds. The van der Waals surface area contributed by atoms with Crippen LogP contribution in [0.3, 0.4) is 0 Å². The molecule has 0 saturated heterocycles. The number of hydrogen-bond acceptors (Lipinski definition) is 5. The Morgan fingerprint density at radius 3 is 2.31 bits per heavy atom. The first-order valence-electron chi connectivity index (χ1n) is 9.61. The molecule has 1 aromatic heterocycles. The van der Waals surface area contributed by atoms with Crippen molar-refractivity contribution in [2.75, 3.05) is 5.32 Å². The van der Waals surface area contributed by atoms with Crippen molar-refractivity contribution in [1.82, 2.24) is 0 Å². The highest BCUT2D eigenvalue weighted by Crippen LogP contribution is 2.32. The maximum atomic E-state index is 12.7. The third kappa shape index (κ3) is 5.19. The van der Waals surface area contributed by atoms with E-state index in [4.69, 9.17) is 20.8 Å². The second kappa shape index (κ2) is 9.30. The summed E-state index contributed by atoms with van der Waals surface area (Å²) < 4.78 is 36.4. The number of ether oxygens (including phenoxy) is 1. The van der Waals surface area contributed by atoms with Crippen molar-refractivity contribution < 1.29 is 22.4 Å². The highest BCUT2D eigenvalue weighted by atomic mass is 35.5. The van der Waals surface area contributed by atoms with E-state index in [2.05, 4.69) is 5.32 Å². The summed E-state index contributed by atoms with van der Waals surface area (Å²) in [5.41, 5.74) is 0.348. The van der Waals surface area contributed by atoms with E-state index in [1.807, 2.05) is 18.2 Å². The first-order chi connectivity index (χ1) is 15.4. The molecule has 6 nitrogen and oxygen atoms in total. The number of sulfone groups is 1. The molecule has 1 heterocycles. The molecule has 4 rings (SSSR count). The van der Waals surface area contributed by atoms with Crippen LogP contribution >= 0.6 is 11.6 Å². The van der Waals surface area contributed by atoms with Crippen LogP contribution in [0.1, 0.15) is 16.3 Å². The van der Waals surface area contributed by atoms with Gasteiger partial charge in [0, 0.05) is 5.02 Å². The van der Waals surface area contributed by atoms with Gasteiger partial charge in [0.15, 0.2) is 21.3 Å². The van der Waals surface area contributed by atoms with Crippen LogP contribution in [0.2, 0.25) is 5.02 Å². The Kier molecular flexibility index (Phi) is 6.30. The number of para-hydroxylation sites is 1. The van der Waals surface area contributed by atoms with Gasteiger partial charge < -0.3 is 14.5 Å². The third-order valence-electron chi connectivity index (χ3n) is 4.48. The van der Waals surface area contributed by atoms with Crippen molar-refractivity contribution in [3.05, 3.63) is 108 Å². The Hall–Kier alpha value is -3.55. The molecular formula is C24H18ClNO5S. The van der Waals surface area contributed by atoms with Gasteiger partial charge in [-0.25, -0.2) is 8.42 Å². The van der Waals surface area contributed by atoms with E-state index < -0.39 is 15.7 Å². The smallest absolute Gasteiger partial charge is 0.291 e. The molecule has 32 heavy (non-hydrogen) atoms. The molecule has 3 aromatic carbocycles. The highest BCUT2D eigenvalue weighted by molar-refractivity contribution is 7.90. The molecule has 0 aliphatic carbocycles. The summed E-state index contributed by atoms with van der Waals surface area (Å²) in [5.74, 6) is 0.196. The number of amides is 1. The standard InChI is InChI=1S/C24H18ClNO5S/c25-17-11-13-22(30-18-7-3-1-4-8-18)21(15-17)26-24(27)23-14-12-19(31-23)16-32(28,29)20-9-5-2-6-10-20/h1-15H,16H2,(H,26,27). The lowest BCUT2D eigenvalue weighted by atomic mass is 10.2. The Morgan fingerprint density at radius 2 is 1.59 bits per heavy atom. The summed E-state index contributed by atoms with van der Waals surface area (Å²) in [5, 5.41) is 3.12. The quantitative estimate of drug-likeness (QED) is 0.363. The van der Waals surface area contributed by atoms with Gasteiger partial charge in [0.2, 0.25) is 0 Å². The van der Waals surface area contributed by atoms with Crippen LogP contribution in [0.15, 0.2) is 100 Å². The molecule has 0 unspecified atom stereocenters. The minimum absolute atomic E-state index is 0.0334. The zero-order valence-corrected chi connectivity index (χ0v) is 18.3. The zero-order chi connectivity index (χ0) is 22.6. The SMILES string of the molecule is O=C(Nc1cc(Cl)ccc1Oc1ccccc1)c1ccc(CS(=O)(=O)c2ccccc2)o1. The van der Waals surface area contributed by atoms with E-state index >= 15 is 0 Å². The van der Waals surface area contributed by atoms with Gasteiger partial charge in [-0.15, -0.1) is 0 Å². The lowest BCUT2D eigenvalue weighted by Crippen LogP contribution is -2.12. The van der Waals surface area contributed by atoms with Crippen LogP contribution in [0.4, 0.5) is 5.69 Å². The predicted octanol–water partition coefficient (Wildman–Crippen LogP) is 5.95. The molecule has 0 radical (unpaired) electrons. The van der Waals surface area contributed by atoms with Gasteiger partial charge in [-0.05, 0) is 54.6 Å².